The molecule has 0 aliphatic carbocycles. The van der Waals surface area contributed by atoms with Gasteiger partial charge in [0.15, 0.2) is 15.9 Å². The van der Waals surface area contributed by atoms with Crippen LogP contribution in [0.15, 0.2) is 60.8 Å². The van der Waals surface area contributed by atoms with E-state index >= 15 is 0 Å². The first kappa shape index (κ1) is 17.0. The number of H-pyrrole nitrogens is 1. The Labute approximate surface area is 152 Å². The summed E-state index contributed by atoms with van der Waals surface area (Å²) in [6, 6.07) is 16.8. The zero-order valence-electron chi connectivity index (χ0n) is 14.3. The molecule has 1 saturated heterocycles. The van der Waals surface area contributed by atoms with E-state index in [1.54, 1.807) is 6.20 Å². The fraction of sp³-hybridized carbons (Fsp3) is 0.250. The highest BCUT2D eigenvalue weighted by atomic mass is 32.2. The first-order chi connectivity index (χ1) is 12.5. The number of benzene rings is 2. The Hall–Kier alpha value is -2.44. The maximum absolute atomic E-state index is 13.4. The Bertz CT molecular complexity index is 1040. The summed E-state index contributed by atoms with van der Waals surface area (Å²) in [5.74, 6) is 0.340. The van der Waals surface area contributed by atoms with Crippen LogP contribution in [0, 0.1) is 0 Å². The number of carbonyl (C=O) groups is 1. The standard InChI is InChI=1S/C20H20N2O3S/c23-20(17-12-21-18-9-5-4-8-16(17)18)19(14-6-2-1-3-7-14)22-15-10-11-26(24,25)13-15/h1-9,12,15,19,21-22H,10-11,13H2/p+1/t15-,19-/m0/s1. The lowest BCUT2D eigenvalue weighted by Crippen LogP contribution is -2.92. The molecule has 5 nitrogen and oxygen atoms in total. The molecule has 1 aliphatic heterocycles. The maximum atomic E-state index is 13.4. The van der Waals surface area contributed by atoms with Crippen molar-refractivity contribution in [2.24, 2.45) is 0 Å². The minimum Gasteiger partial charge on any atom is -0.360 e. The fourth-order valence-electron chi connectivity index (χ4n) is 3.70. The highest BCUT2D eigenvalue weighted by Crippen LogP contribution is 2.23. The maximum Gasteiger partial charge on any atom is 0.226 e. The number of nitrogens with one attached hydrogen (secondary N) is 1. The van der Waals surface area contributed by atoms with E-state index in [2.05, 4.69) is 4.98 Å². The molecule has 1 aliphatic rings. The Kier molecular flexibility index (Phi) is 4.38. The highest BCUT2D eigenvalue weighted by Gasteiger charge is 2.36. The monoisotopic (exact) mass is 369 g/mol. The Morgan fingerprint density at radius 2 is 1.81 bits per heavy atom. The second-order valence-corrected chi connectivity index (χ2v) is 9.08. The molecule has 3 N–H and O–H groups in total. The predicted molar refractivity (Wildman–Crippen MR) is 101 cm³/mol. The number of Topliss-reactive ketones (excluding diaryl/α,β-unsaturated/α-hetero) is 1. The molecule has 134 valence electrons. The summed E-state index contributed by atoms with van der Waals surface area (Å²) in [5.41, 5.74) is 2.46. The van der Waals surface area contributed by atoms with Gasteiger partial charge in [0.2, 0.25) is 5.78 Å². The van der Waals surface area contributed by atoms with Gasteiger partial charge in [-0.2, -0.15) is 0 Å². The van der Waals surface area contributed by atoms with Crippen molar-refractivity contribution in [2.75, 3.05) is 11.5 Å². The summed E-state index contributed by atoms with van der Waals surface area (Å²) < 4.78 is 23.6. The van der Waals surface area contributed by atoms with Crippen molar-refractivity contribution >= 4 is 26.5 Å². The highest BCUT2D eigenvalue weighted by molar-refractivity contribution is 7.91. The molecule has 2 heterocycles. The number of carbonyl (C=O) groups excluding carboxylic acids is 1. The van der Waals surface area contributed by atoms with E-state index in [1.165, 1.54) is 0 Å². The topological polar surface area (TPSA) is 83.6 Å². The number of hydrogen-bond donors (Lipinski definition) is 2. The molecule has 0 spiro atoms. The van der Waals surface area contributed by atoms with Crippen molar-refractivity contribution in [2.45, 2.75) is 18.5 Å². The Morgan fingerprint density at radius 1 is 1.08 bits per heavy atom. The van der Waals surface area contributed by atoms with Crippen LogP contribution in [-0.4, -0.2) is 36.7 Å². The summed E-state index contributed by atoms with van der Waals surface area (Å²) in [6.45, 7) is 0. The number of quaternary nitrogens is 1. The zero-order chi connectivity index (χ0) is 18.1. The molecule has 2 atom stereocenters. The fourth-order valence-corrected chi connectivity index (χ4v) is 5.46. The quantitative estimate of drug-likeness (QED) is 0.673. The van der Waals surface area contributed by atoms with Gasteiger partial charge in [0.25, 0.3) is 0 Å². The predicted octanol–water partition coefficient (Wildman–Crippen LogP) is 1.84. The summed E-state index contributed by atoms with van der Waals surface area (Å²) in [7, 11) is -2.99. The van der Waals surface area contributed by atoms with Crippen molar-refractivity contribution in [1.82, 2.24) is 4.98 Å². The second-order valence-electron chi connectivity index (χ2n) is 6.86. The molecule has 0 unspecified atom stereocenters. The van der Waals surface area contributed by atoms with Gasteiger partial charge >= 0.3 is 0 Å². The van der Waals surface area contributed by atoms with Crippen LogP contribution in [0.4, 0.5) is 0 Å². The lowest BCUT2D eigenvalue weighted by molar-refractivity contribution is -0.709. The van der Waals surface area contributed by atoms with Gasteiger partial charge in [-0.3, -0.25) is 4.79 Å². The number of aromatic nitrogens is 1. The van der Waals surface area contributed by atoms with Gasteiger partial charge in [0.1, 0.15) is 11.8 Å². The summed E-state index contributed by atoms with van der Waals surface area (Å²) >= 11 is 0. The normalized spacial score (nSPS) is 20.2. The SMILES string of the molecule is O=C(c1c[nH]c2ccccc12)[C@@H]([NH2+][C@H]1CCS(=O)(=O)C1)c1ccccc1. The molecule has 0 saturated carbocycles. The number of nitrogens with two attached hydrogens (primary N) is 1. The minimum atomic E-state index is -2.99. The van der Waals surface area contributed by atoms with E-state index in [9.17, 15) is 13.2 Å². The largest absolute Gasteiger partial charge is 0.360 e. The molecule has 3 aromatic rings. The van der Waals surface area contributed by atoms with Crippen LogP contribution in [0.25, 0.3) is 10.9 Å². The van der Waals surface area contributed by atoms with E-state index < -0.39 is 15.9 Å². The average Bonchev–Trinajstić information content (AvgIpc) is 3.23. The number of hydrogen-bond acceptors (Lipinski definition) is 3. The molecule has 4 rings (SSSR count). The average molecular weight is 369 g/mol. The molecular weight excluding hydrogens is 348 g/mol. The van der Waals surface area contributed by atoms with Crippen molar-refractivity contribution in [3.05, 3.63) is 71.9 Å². The van der Waals surface area contributed by atoms with Crippen LogP contribution in [0.3, 0.4) is 0 Å². The first-order valence-electron chi connectivity index (χ1n) is 8.74. The van der Waals surface area contributed by atoms with Crippen LogP contribution in [0.1, 0.15) is 28.4 Å². The zero-order valence-corrected chi connectivity index (χ0v) is 15.1. The molecule has 0 radical (unpaired) electrons. The molecule has 1 aromatic heterocycles. The van der Waals surface area contributed by atoms with E-state index in [0.717, 1.165) is 16.5 Å². The van der Waals surface area contributed by atoms with E-state index in [0.29, 0.717) is 12.0 Å². The molecular formula is C20H21N2O3S+. The summed E-state index contributed by atoms with van der Waals surface area (Å²) in [4.78, 5) is 16.5. The van der Waals surface area contributed by atoms with Gasteiger partial charge in [-0.15, -0.1) is 0 Å². The minimum absolute atomic E-state index is 0.00190. The van der Waals surface area contributed by atoms with Crippen molar-refractivity contribution < 1.29 is 18.5 Å². The van der Waals surface area contributed by atoms with Crippen LogP contribution >= 0.6 is 0 Å². The van der Waals surface area contributed by atoms with Gasteiger partial charge < -0.3 is 10.3 Å². The second kappa shape index (κ2) is 6.70. The van der Waals surface area contributed by atoms with Crippen molar-refractivity contribution in [3.8, 4) is 0 Å². The lowest BCUT2D eigenvalue weighted by atomic mass is 9.96. The number of fused-ring (bicyclic) bond motifs is 1. The van der Waals surface area contributed by atoms with Gasteiger partial charge in [-0.25, -0.2) is 8.42 Å². The molecule has 6 heteroatoms. The molecule has 1 fully saturated rings. The number of sulfone groups is 1. The Morgan fingerprint density at radius 3 is 2.54 bits per heavy atom. The van der Waals surface area contributed by atoms with Crippen LogP contribution in [0.5, 0.6) is 0 Å². The van der Waals surface area contributed by atoms with Crippen molar-refractivity contribution in [1.29, 1.82) is 0 Å². The smallest absolute Gasteiger partial charge is 0.226 e. The van der Waals surface area contributed by atoms with Gasteiger partial charge in [-0.05, 0) is 6.07 Å². The van der Waals surface area contributed by atoms with Gasteiger partial charge in [0.05, 0.1) is 5.75 Å². The molecule has 26 heavy (non-hydrogen) atoms. The molecule has 0 amide bonds. The van der Waals surface area contributed by atoms with Crippen LogP contribution in [0.2, 0.25) is 0 Å². The van der Waals surface area contributed by atoms with E-state index in [1.807, 2.05) is 59.9 Å². The Balaban J connectivity index is 1.69. The van der Waals surface area contributed by atoms with Gasteiger partial charge in [0, 0.05) is 34.6 Å². The third-order valence-corrected chi connectivity index (χ3v) is 6.82. The third kappa shape index (κ3) is 3.30. The molecule has 0 bridgehead atoms. The molecule has 2 aromatic carbocycles. The number of aromatic amines is 1. The summed E-state index contributed by atoms with van der Waals surface area (Å²) in [6.07, 6.45) is 2.34. The van der Waals surface area contributed by atoms with Crippen molar-refractivity contribution in [3.63, 3.8) is 0 Å². The van der Waals surface area contributed by atoms with Crippen LogP contribution < -0.4 is 5.32 Å². The first-order valence-corrected chi connectivity index (χ1v) is 10.6. The number of rotatable bonds is 5. The van der Waals surface area contributed by atoms with E-state index in [4.69, 9.17) is 0 Å². The third-order valence-electron chi connectivity index (χ3n) is 5.03. The lowest BCUT2D eigenvalue weighted by Gasteiger charge is -2.18. The van der Waals surface area contributed by atoms with Crippen LogP contribution in [-0.2, 0) is 9.84 Å². The summed E-state index contributed by atoms with van der Waals surface area (Å²) in [5, 5.41) is 2.83. The van der Waals surface area contributed by atoms with Gasteiger partial charge in [-0.1, -0.05) is 48.5 Å². The van der Waals surface area contributed by atoms with E-state index in [-0.39, 0.29) is 23.3 Å². The number of para-hydroxylation sites is 1. The number of ketones is 1.